The van der Waals surface area contributed by atoms with Crippen molar-refractivity contribution in [1.82, 2.24) is 15.0 Å². The molecule has 4 N–H and O–H groups in total. The maximum absolute atomic E-state index is 10.9. The van der Waals surface area contributed by atoms with Gasteiger partial charge >= 0.3 is 5.97 Å². The zero-order valence-corrected chi connectivity index (χ0v) is 9.67. The summed E-state index contributed by atoms with van der Waals surface area (Å²) in [5.41, 5.74) is 6.00. The number of carboxylic acid groups (broad SMARTS) is 1. The summed E-state index contributed by atoms with van der Waals surface area (Å²) in [5, 5.41) is 25.0. The minimum atomic E-state index is -1.07. The lowest BCUT2D eigenvalue weighted by atomic mass is 10.2. The second-order valence-corrected chi connectivity index (χ2v) is 3.74. The summed E-state index contributed by atoms with van der Waals surface area (Å²) >= 11 is 0. The SMILES string of the molecule is NCCc1c(C(=O)O)nnn1CCCCCO. The van der Waals surface area contributed by atoms with Gasteiger partial charge in [0.2, 0.25) is 0 Å². The number of carbonyl (C=O) groups is 1. The van der Waals surface area contributed by atoms with Gasteiger partial charge in [0.25, 0.3) is 0 Å². The standard InChI is InChI=1S/C10H18N4O3/c11-5-4-8-9(10(16)17)12-13-14(8)6-2-1-3-7-15/h15H,1-7,11H2,(H,16,17). The van der Waals surface area contributed by atoms with Gasteiger partial charge in [-0.15, -0.1) is 5.10 Å². The highest BCUT2D eigenvalue weighted by atomic mass is 16.4. The van der Waals surface area contributed by atoms with Gasteiger partial charge in [-0.05, 0) is 25.8 Å². The molecular formula is C10H18N4O3. The zero-order chi connectivity index (χ0) is 12.7. The summed E-state index contributed by atoms with van der Waals surface area (Å²) in [6, 6.07) is 0. The van der Waals surface area contributed by atoms with Crippen molar-refractivity contribution in [2.45, 2.75) is 32.2 Å². The van der Waals surface area contributed by atoms with Crippen LogP contribution >= 0.6 is 0 Å². The van der Waals surface area contributed by atoms with Crippen LogP contribution in [0.25, 0.3) is 0 Å². The number of nitrogens with zero attached hydrogens (tertiary/aromatic N) is 3. The van der Waals surface area contributed by atoms with Gasteiger partial charge in [0.15, 0.2) is 5.69 Å². The lowest BCUT2D eigenvalue weighted by Crippen LogP contribution is -2.13. The van der Waals surface area contributed by atoms with Crippen molar-refractivity contribution in [2.24, 2.45) is 5.73 Å². The number of aliphatic hydroxyl groups is 1. The van der Waals surface area contributed by atoms with E-state index in [1.54, 1.807) is 4.68 Å². The van der Waals surface area contributed by atoms with E-state index < -0.39 is 5.97 Å². The zero-order valence-electron chi connectivity index (χ0n) is 9.67. The Morgan fingerprint density at radius 1 is 1.35 bits per heavy atom. The van der Waals surface area contributed by atoms with Crippen LogP contribution in [0.5, 0.6) is 0 Å². The Hall–Kier alpha value is -1.47. The maximum Gasteiger partial charge on any atom is 0.358 e. The van der Waals surface area contributed by atoms with Gasteiger partial charge in [-0.3, -0.25) is 0 Å². The second-order valence-electron chi connectivity index (χ2n) is 3.74. The molecule has 0 fully saturated rings. The molecule has 0 spiro atoms. The van der Waals surface area contributed by atoms with E-state index in [1.165, 1.54) is 0 Å². The molecule has 0 aliphatic rings. The first kappa shape index (κ1) is 13.6. The fraction of sp³-hybridized carbons (Fsp3) is 0.700. The van der Waals surface area contributed by atoms with Crippen LogP contribution < -0.4 is 5.73 Å². The first-order valence-corrected chi connectivity index (χ1v) is 5.67. The number of rotatable bonds is 8. The molecule has 0 aromatic carbocycles. The van der Waals surface area contributed by atoms with Crippen molar-refractivity contribution < 1.29 is 15.0 Å². The summed E-state index contributed by atoms with van der Waals surface area (Å²) < 4.78 is 1.59. The summed E-state index contributed by atoms with van der Waals surface area (Å²) in [6.45, 7) is 1.15. The highest BCUT2D eigenvalue weighted by molar-refractivity contribution is 5.86. The topological polar surface area (TPSA) is 114 Å². The van der Waals surface area contributed by atoms with Gasteiger partial charge in [0.05, 0.1) is 5.69 Å². The van der Waals surface area contributed by atoms with Crippen LogP contribution in [0, 0.1) is 0 Å². The molecule has 0 bridgehead atoms. The van der Waals surface area contributed by atoms with Gasteiger partial charge in [-0.1, -0.05) is 5.21 Å². The Bertz CT molecular complexity index is 364. The van der Waals surface area contributed by atoms with Gasteiger partial charge in [0.1, 0.15) is 0 Å². The number of hydrogen-bond donors (Lipinski definition) is 3. The first-order valence-electron chi connectivity index (χ1n) is 5.67. The number of aliphatic hydroxyl groups excluding tert-OH is 1. The monoisotopic (exact) mass is 242 g/mol. The lowest BCUT2D eigenvalue weighted by Gasteiger charge is -2.05. The minimum Gasteiger partial charge on any atom is -0.476 e. The molecule has 0 amide bonds. The van der Waals surface area contributed by atoms with Crippen LogP contribution in [0.15, 0.2) is 0 Å². The Balaban J connectivity index is 2.67. The molecule has 1 aromatic rings. The predicted octanol–water partition coefficient (Wildman–Crippen LogP) is -0.360. The number of aryl methyl sites for hydroxylation is 1. The molecule has 7 nitrogen and oxygen atoms in total. The summed E-state index contributed by atoms with van der Waals surface area (Å²) in [6.07, 6.45) is 2.91. The van der Waals surface area contributed by atoms with E-state index in [2.05, 4.69) is 10.3 Å². The van der Waals surface area contributed by atoms with Crippen molar-refractivity contribution in [3.63, 3.8) is 0 Å². The second kappa shape index (κ2) is 6.97. The Kier molecular flexibility index (Phi) is 5.58. The van der Waals surface area contributed by atoms with Crippen LogP contribution in [0.3, 0.4) is 0 Å². The van der Waals surface area contributed by atoms with Crippen molar-refractivity contribution >= 4 is 5.97 Å². The third kappa shape index (κ3) is 3.79. The van der Waals surface area contributed by atoms with Crippen molar-refractivity contribution in [3.8, 4) is 0 Å². The Labute approximate surface area is 99.2 Å². The number of hydrogen-bond acceptors (Lipinski definition) is 5. The van der Waals surface area contributed by atoms with E-state index in [-0.39, 0.29) is 12.3 Å². The van der Waals surface area contributed by atoms with E-state index in [1.807, 2.05) is 0 Å². The molecular weight excluding hydrogens is 224 g/mol. The molecule has 7 heteroatoms. The number of aromatic carboxylic acids is 1. The normalized spacial score (nSPS) is 10.7. The predicted molar refractivity (Wildman–Crippen MR) is 60.7 cm³/mol. The fourth-order valence-corrected chi connectivity index (χ4v) is 1.61. The Morgan fingerprint density at radius 2 is 2.12 bits per heavy atom. The Morgan fingerprint density at radius 3 is 2.71 bits per heavy atom. The maximum atomic E-state index is 10.9. The average Bonchev–Trinajstić information content (AvgIpc) is 2.69. The van der Waals surface area contributed by atoms with Crippen LogP contribution in [0.2, 0.25) is 0 Å². The van der Waals surface area contributed by atoms with E-state index in [9.17, 15) is 4.79 Å². The molecule has 0 aliphatic heterocycles. The smallest absolute Gasteiger partial charge is 0.358 e. The quantitative estimate of drug-likeness (QED) is 0.536. The number of nitrogens with two attached hydrogens (primary N) is 1. The summed E-state index contributed by atoms with van der Waals surface area (Å²) in [4.78, 5) is 10.9. The highest BCUT2D eigenvalue weighted by Gasteiger charge is 2.17. The molecule has 1 rings (SSSR count). The minimum absolute atomic E-state index is 0.0161. The van der Waals surface area contributed by atoms with Crippen LogP contribution in [-0.4, -0.2) is 44.3 Å². The molecule has 0 atom stereocenters. The van der Waals surface area contributed by atoms with Gasteiger partial charge < -0.3 is 15.9 Å². The summed E-state index contributed by atoms with van der Waals surface area (Å²) in [7, 11) is 0. The van der Waals surface area contributed by atoms with E-state index in [0.29, 0.717) is 25.2 Å². The molecule has 0 saturated heterocycles. The third-order valence-corrected chi connectivity index (χ3v) is 2.45. The number of unbranched alkanes of at least 4 members (excludes halogenated alkanes) is 2. The van der Waals surface area contributed by atoms with E-state index in [4.69, 9.17) is 15.9 Å². The molecule has 96 valence electrons. The van der Waals surface area contributed by atoms with E-state index in [0.717, 1.165) is 19.3 Å². The summed E-state index contributed by atoms with van der Waals surface area (Å²) in [5.74, 6) is -1.07. The molecule has 0 aliphatic carbocycles. The number of carboxylic acids is 1. The first-order chi connectivity index (χ1) is 8.20. The van der Waals surface area contributed by atoms with Gasteiger partial charge in [0, 0.05) is 19.6 Å². The van der Waals surface area contributed by atoms with Gasteiger partial charge in [-0.25, -0.2) is 9.48 Å². The fourth-order valence-electron chi connectivity index (χ4n) is 1.61. The highest BCUT2D eigenvalue weighted by Crippen LogP contribution is 2.08. The van der Waals surface area contributed by atoms with E-state index >= 15 is 0 Å². The largest absolute Gasteiger partial charge is 0.476 e. The van der Waals surface area contributed by atoms with Crippen LogP contribution in [0.4, 0.5) is 0 Å². The molecule has 1 heterocycles. The molecule has 17 heavy (non-hydrogen) atoms. The average molecular weight is 242 g/mol. The molecule has 0 radical (unpaired) electrons. The number of aromatic nitrogens is 3. The van der Waals surface area contributed by atoms with Crippen LogP contribution in [0.1, 0.15) is 35.4 Å². The lowest BCUT2D eigenvalue weighted by molar-refractivity contribution is 0.0689. The van der Waals surface area contributed by atoms with Crippen molar-refractivity contribution in [3.05, 3.63) is 11.4 Å². The van der Waals surface area contributed by atoms with Gasteiger partial charge in [-0.2, -0.15) is 0 Å². The third-order valence-electron chi connectivity index (χ3n) is 2.45. The van der Waals surface area contributed by atoms with Crippen LogP contribution in [-0.2, 0) is 13.0 Å². The molecule has 1 aromatic heterocycles. The van der Waals surface area contributed by atoms with Crippen molar-refractivity contribution in [2.75, 3.05) is 13.2 Å². The van der Waals surface area contributed by atoms with Crippen molar-refractivity contribution in [1.29, 1.82) is 0 Å². The molecule has 0 unspecified atom stereocenters. The molecule has 0 saturated carbocycles.